The van der Waals surface area contributed by atoms with Crippen LogP contribution in [0.4, 0.5) is 0 Å². The van der Waals surface area contributed by atoms with Gasteiger partial charge in [-0.15, -0.1) is 0 Å². The quantitative estimate of drug-likeness (QED) is 0.684. The lowest BCUT2D eigenvalue weighted by atomic mass is 10.0. The smallest absolute Gasteiger partial charge is 0.259 e. The Morgan fingerprint density at radius 1 is 1.40 bits per heavy atom. The summed E-state index contributed by atoms with van der Waals surface area (Å²) in [7, 11) is -3.50. The van der Waals surface area contributed by atoms with Crippen LogP contribution in [0.1, 0.15) is 38.9 Å². The van der Waals surface area contributed by atoms with Gasteiger partial charge in [0.15, 0.2) is 5.03 Å². The molecule has 0 saturated carbocycles. The van der Waals surface area contributed by atoms with Gasteiger partial charge in [0.25, 0.3) is 10.0 Å². The molecule has 1 aromatic rings. The number of nitrogens with zero attached hydrogens (tertiary/aromatic N) is 2. The van der Waals surface area contributed by atoms with Crippen LogP contribution in [0.15, 0.2) is 11.2 Å². The highest BCUT2D eigenvalue weighted by Gasteiger charge is 2.20. The summed E-state index contributed by atoms with van der Waals surface area (Å²) in [6.07, 6.45) is 4.65. The molecule has 0 aromatic carbocycles. The minimum atomic E-state index is -3.50. The normalized spacial score (nSPS) is 13.6. The summed E-state index contributed by atoms with van der Waals surface area (Å²) in [4.78, 5) is 4.13. The molecule has 0 amide bonds. The van der Waals surface area contributed by atoms with Crippen molar-refractivity contribution in [2.75, 3.05) is 11.9 Å². The van der Waals surface area contributed by atoms with Gasteiger partial charge in [-0.1, -0.05) is 29.3 Å². The molecule has 0 spiro atoms. The van der Waals surface area contributed by atoms with Crippen molar-refractivity contribution in [1.29, 1.82) is 0 Å². The number of rotatable bonds is 9. The largest absolute Gasteiger partial charge is 0.334 e. The van der Waals surface area contributed by atoms with Crippen molar-refractivity contribution in [3.8, 4) is 0 Å². The molecule has 0 saturated heterocycles. The van der Waals surface area contributed by atoms with Gasteiger partial charge >= 0.3 is 0 Å². The van der Waals surface area contributed by atoms with Gasteiger partial charge in [0.2, 0.25) is 0 Å². The van der Waals surface area contributed by atoms with Crippen molar-refractivity contribution in [2.45, 2.75) is 51.6 Å². The third kappa shape index (κ3) is 4.86. The number of nitrogens with one attached hydrogen (secondary N) is 1. The second-order valence-electron chi connectivity index (χ2n) is 4.90. The lowest BCUT2D eigenvalue weighted by molar-refractivity contribution is 0.458. The van der Waals surface area contributed by atoms with Crippen LogP contribution in [0.2, 0.25) is 0 Å². The maximum Gasteiger partial charge on any atom is 0.259 e. The van der Waals surface area contributed by atoms with Crippen LogP contribution >= 0.6 is 15.9 Å². The Morgan fingerprint density at radius 2 is 2.10 bits per heavy atom. The Balaban J connectivity index is 2.73. The fourth-order valence-corrected chi connectivity index (χ4v) is 3.91. The van der Waals surface area contributed by atoms with E-state index in [9.17, 15) is 8.42 Å². The molecule has 116 valence electrons. The molecular formula is C13H24BrN3O2S. The Kier molecular flexibility index (Phi) is 7.19. The Hall–Kier alpha value is -0.400. The van der Waals surface area contributed by atoms with Crippen molar-refractivity contribution in [2.24, 2.45) is 5.92 Å². The third-order valence-electron chi connectivity index (χ3n) is 3.35. The summed E-state index contributed by atoms with van der Waals surface area (Å²) in [6.45, 7) is 7.08. The number of imidazole rings is 1. The van der Waals surface area contributed by atoms with Gasteiger partial charge in [-0.2, -0.15) is 0 Å². The highest BCUT2D eigenvalue weighted by atomic mass is 79.9. The number of hydrogen-bond acceptors (Lipinski definition) is 3. The first-order valence-corrected chi connectivity index (χ1v) is 9.64. The Morgan fingerprint density at radius 3 is 2.60 bits per heavy atom. The van der Waals surface area contributed by atoms with Gasteiger partial charge in [-0.3, -0.25) is 0 Å². The van der Waals surface area contributed by atoms with Crippen molar-refractivity contribution in [3.63, 3.8) is 0 Å². The molecule has 0 aliphatic carbocycles. The predicted octanol–water partition coefficient (Wildman–Crippen LogP) is 2.69. The molecule has 1 heterocycles. The van der Waals surface area contributed by atoms with E-state index in [0.29, 0.717) is 12.5 Å². The molecular weight excluding hydrogens is 342 g/mol. The maximum atomic E-state index is 12.2. The third-order valence-corrected chi connectivity index (χ3v) is 5.10. The summed E-state index contributed by atoms with van der Waals surface area (Å²) in [6, 6.07) is 0. The standard InChI is InChI=1S/C13H24BrN3O2S/c1-4-6-12(7-8-14)9-15-20(18,19)13-10-17(5-2)11(3)16-13/h10,12,15H,4-9H2,1-3H3. The molecule has 1 aromatic heterocycles. The minimum absolute atomic E-state index is 0.117. The lowest BCUT2D eigenvalue weighted by Crippen LogP contribution is -2.30. The number of aromatic nitrogens is 2. The van der Waals surface area contributed by atoms with E-state index >= 15 is 0 Å². The van der Waals surface area contributed by atoms with E-state index in [4.69, 9.17) is 0 Å². The predicted molar refractivity (Wildman–Crippen MR) is 84.6 cm³/mol. The summed E-state index contributed by atoms with van der Waals surface area (Å²) in [5, 5.41) is 1.01. The van der Waals surface area contributed by atoms with E-state index in [1.807, 2.05) is 18.4 Å². The van der Waals surface area contributed by atoms with Crippen molar-refractivity contribution < 1.29 is 8.42 Å². The Labute approximate surface area is 130 Å². The topological polar surface area (TPSA) is 64.0 Å². The first-order valence-electron chi connectivity index (χ1n) is 7.04. The van der Waals surface area contributed by atoms with Gasteiger partial charge in [-0.25, -0.2) is 18.1 Å². The van der Waals surface area contributed by atoms with E-state index < -0.39 is 10.0 Å². The molecule has 7 heteroatoms. The summed E-state index contributed by atoms with van der Waals surface area (Å²) in [5.74, 6) is 1.09. The Bertz CT molecular complexity index is 508. The molecule has 0 fully saturated rings. The highest BCUT2D eigenvalue weighted by molar-refractivity contribution is 9.09. The molecule has 1 rings (SSSR count). The first kappa shape index (κ1) is 17.7. The van der Waals surface area contributed by atoms with Crippen LogP contribution < -0.4 is 4.72 Å². The second kappa shape index (κ2) is 8.14. The molecule has 1 N–H and O–H groups in total. The van der Waals surface area contributed by atoms with E-state index in [0.717, 1.165) is 37.0 Å². The van der Waals surface area contributed by atoms with E-state index in [-0.39, 0.29) is 5.03 Å². The average molecular weight is 366 g/mol. The average Bonchev–Trinajstić information content (AvgIpc) is 2.79. The number of hydrogen-bond donors (Lipinski definition) is 1. The fraction of sp³-hybridized carbons (Fsp3) is 0.769. The summed E-state index contributed by atoms with van der Waals surface area (Å²) in [5.41, 5.74) is 0. The van der Waals surface area contributed by atoms with Crippen molar-refractivity contribution in [3.05, 3.63) is 12.0 Å². The maximum absolute atomic E-state index is 12.2. The van der Waals surface area contributed by atoms with Crippen LogP contribution in [0.5, 0.6) is 0 Å². The van der Waals surface area contributed by atoms with E-state index in [1.165, 1.54) is 0 Å². The van der Waals surface area contributed by atoms with Crippen molar-refractivity contribution in [1.82, 2.24) is 14.3 Å². The molecule has 20 heavy (non-hydrogen) atoms. The van der Waals surface area contributed by atoms with Crippen LogP contribution in [0.3, 0.4) is 0 Å². The van der Waals surface area contributed by atoms with Gasteiger partial charge in [-0.05, 0) is 32.6 Å². The molecule has 0 aliphatic heterocycles. The zero-order chi connectivity index (χ0) is 15.2. The van der Waals surface area contributed by atoms with Crippen molar-refractivity contribution >= 4 is 26.0 Å². The molecule has 1 unspecified atom stereocenters. The van der Waals surface area contributed by atoms with Gasteiger partial charge in [0.05, 0.1) is 0 Å². The number of halogens is 1. The van der Waals surface area contributed by atoms with Gasteiger partial charge in [0.1, 0.15) is 5.82 Å². The molecule has 0 radical (unpaired) electrons. The number of aryl methyl sites for hydroxylation is 2. The van der Waals surface area contributed by atoms with Crippen LogP contribution in [0, 0.1) is 12.8 Å². The lowest BCUT2D eigenvalue weighted by Gasteiger charge is -2.15. The number of sulfonamides is 1. The van der Waals surface area contributed by atoms with Gasteiger partial charge < -0.3 is 4.57 Å². The minimum Gasteiger partial charge on any atom is -0.334 e. The van der Waals surface area contributed by atoms with Gasteiger partial charge in [0, 0.05) is 24.6 Å². The summed E-state index contributed by atoms with van der Waals surface area (Å²) < 4.78 is 29.0. The second-order valence-corrected chi connectivity index (χ2v) is 7.40. The monoisotopic (exact) mass is 365 g/mol. The van der Waals surface area contributed by atoms with Crippen LogP contribution in [-0.4, -0.2) is 29.8 Å². The molecule has 0 bridgehead atoms. The highest BCUT2D eigenvalue weighted by Crippen LogP contribution is 2.14. The zero-order valence-corrected chi connectivity index (χ0v) is 14.8. The molecule has 0 aliphatic rings. The van der Waals surface area contributed by atoms with Crippen LogP contribution in [0.25, 0.3) is 0 Å². The number of alkyl halides is 1. The van der Waals surface area contributed by atoms with E-state index in [2.05, 4.69) is 32.6 Å². The molecule has 5 nitrogen and oxygen atoms in total. The fourth-order valence-electron chi connectivity index (χ4n) is 2.14. The SMILES string of the molecule is CCCC(CCBr)CNS(=O)(=O)c1cn(CC)c(C)n1. The summed E-state index contributed by atoms with van der Waals surface area (Å²) >= 11 is 3.41. The van der Waals surface area contributed by atoms with E-state index in [1.54, 1.807) is 6.20 Å². The first-order chi connectivity index (χ1) is 9.44. The molecule has 1 atom stereocenters. The zero-order valence-electron chi connectivity index (χ0n) is 12.4. The van der Waals surface area contributed by atoms with Crippen LogP contribution in [-0.2, 0) is 16.6 Å².